The van der Waals surface area contributed by atoms with Crippen molar-refractivity contribution in [2.45, 2.75) is 70.0 Å². The Morgan fingerprint density at radius 3 is 2.32 bits per heavy atom. The molecule has 0 saturated heterocycles. The topological polar surface area (TPSA) is 49.4 Å². The summed E-state index contributed by atoms with van der Waals surface area (Å²) in [6.45, 7) is 0.265. The monoisotopic (exact) mass is 586 g/mol. The Balaban J connectivity index is 1.45. The van der Waals surface area contributed by atoms with Crippen molar-refractivity contribution in [3.05, 3.63) is 118 Å². The van der Waals surface area contributed by atoms with Gasteiger partial charge in [0.1, 0.15) is 6.04 Å². The number of carbonyl (C=O) groups is 2. The minimum absolute atomic E-state index is 0.0660. The Morgan fingerprint density at radius 1 is 0.805 bits per heavy atom. The minimum Gasteiger partial charge on any atom is -0.352 e. The van der Waals surface area contributed by atoms with Gasteiger partial charge < -0.3 is 10.2 Å². The number of benzene rings is 4. The third kappa shape index (κ3) is 7.69. The predicted molar refractivity (Wildman–Crippen MR) is 168 cm³/mol. The highest BCUT2D eigenvalue weighted by atomic mass is 35.5. The maximum atomic E-state index is 14.1. The number of carbonyl (C=O) groups excluding carboxylic acids is 2. The molecule has 212 valence electrons. The van der Waals surface area contributed by atoms with Crippen LogP contribution < -0.4 is 5.32 Å². The van der Waals surface area contributed by atoms with Gasteiger partial charge in [-0.2, -0.15) is 0 Å². The van der Waals surface area contributed by atoms with E-state index >= 15 is 0 Å². The van der Waals surface area contributed by atoms with Crippen molar-refractivity contribution in [3.8, 4) is 0 Å². The first-order chi connectivity index (χ1) is 20.0. The zero-order chi connectivity index (χ0) is 28.6. The van der Waals surface area contributed by atoms with E-state index in [1.807, 2.05) is 54.6 Å². The Hall–Kier alpha value is -3.34. The van der Waals surface area contributed by atoms with Crippen LogP contribution in [0.5, 0.6) is 0 Å². The van der Waals surface area contributed by atoms with E-state index in [1.165, 1.54) is 6.42 Å². The van der Waals surface area contributed by atoms with Crippen LogP contribution in [0.3, 0.4) is 0 Å². The van der Waals surface area contributed by atoms with Gasteiger partial charge >= 0.3 is 0 Å². The fraction of sp³-hybridized carbons (Fsp3) is 0.314. The summed E-state index contributed by atoms with van der Waals surface area (Å²) in [5.41, 5.74) is 2.97. The van der Waals surface area contributed by atoms with Gasteiger partial charge in [0.25, 0.3) is 0 Å². The van der Waals surface area contributed by atoms with E-state index in [1.54, 1.807) is 17.0 Å². The number of hydrogen-bond donors (Lipinski definition) is 1. The summed E-state index contributed by atoms with van der Waals surface area (Å²) >= 11 is 12.6. The summed E-state index contributed by atoms with van der Waals surface area (Å²) in [6, 6.07) is 29.2. The number of hydrogen-bond acceptors (Lipinski definition) is 2. The smallest absolute Gasteiger partial charge is 0.243 e. The summed E-state index contributed by atoms with van der Waals surface area (Å²) in [5, 5.41) is 6.49. The van der Waals surface area contributed by atoms with Gasteiger partial charge in [0.15, 0.2) is 0 Å². The zero-order valence-electron chi connectivity index (χ0n) is 23.2. The fourth-order valence-electron chi connectivity index (χ4n) is 5.83. The van der Waals surface area contributed by atoms with Gasteiger partial charge in [-0.3, -0.25) is 9.59 Å². The summed E-state index contributed by atoms with van der Waals surface area (Å²) in [4.78, 5) is 29.8. The van der Waals surface area contributed by atoms with Crippen LogP contribution in [0.25, 0.3) is 10.8 Å². The van der Waals surface area contributed by atoms with Gasteiger partial charge in [-0.25, -0.2) is 0 Å². The number of rotatable bonds is 10. The first-order valence-electron chi connectivity index (χ1n) is 14.5. The molecule has 0 aliphatic heterocycles. The molecule has 5 rings (SSSR count). The van der Waals surface area contributed by atoms with Crippen LogP contribution in [0.4, 0.5) is 0 Å². The lowest BCUT2D eigenvalue weighted by molar-refractivity contribution is -0.141. The maximum absolute atomic E-state index is 14.1. The third-order valence-corrected chi connectivity index (χ3v) is 8.79. The van der Waals surface area contributed by atoms with E-state index in [4.69, 9.17) is 23.2 Å². The number of fused-ring (bicyclic) bond motifs is 1. The molecule has 1 N–H and O–H groups in total. The van der Waals surface area contributed by atoms with Gasteiger partial charge in [0.05, 0.1) is 10.0 Å². The molecule has 0 radical (unpaired) electrons. The average Bonchev–Trinajstić information content (AvgIpc) is 3.00. The second-order valence-electron chi connectivity index (χ2n) is 11.0. The van der Waals surface area contributed by atoms with Crippen molar-refractivity contribution in [3.63, 3.8) is 0 Å². The molecule has 4 aromatic carbocycles. The minimum atomic E-state index is -0.659. The van der Waals surface area contributed by atoms with Crippen LogP contribution in [-0.4, -0.2) is 28.8 Å². The molecule has 0 bridgehead atoms. The van der Waals surface area contributed by atoms with Gasteiger partial charge in [0.2, 0.25) is 11.8 Å². The van der Waals surface area contributed by atoms with E-state index in [9.17, 15) is 9.59 Å². The number of amides is 2. The van der Waals surface area contributed by atoms with Crippen molar-refractivity contribution < 1.29 is 9.59 Å². The molecule has 4 aromatic rings. The summed E-state index contributed by atoms with van der Waals surface area (Å²) < 4.78 is 0. The van der Waals surface area contributed by atoms with Gasteiger partial charge in [-0.15, -0.1) is 0 Å². The second kappa shape index (κ2) is 14.0. The molecule has 0 spiro atoms. The lowest BCUT2D eigenvalue weighted by Gasteiger charge is -2.33. The molecule has 6 heteroatoms. The molecule has 1 saturated carbocycles. The molecule has 1 aliphatic rings. The first kappa shape index (κ1) is 29.2. The quantitative estimate of drug-likeness (QED) is 0.204. The molecule has 0 unspecified atom stereocenters. The lowest BCUT2D eigenvalue weighted by Crippen LogP contribution is -2.52. The molecule has 0 aromatic heterocycles. The molecule has 2 amide bonds. The molecule has 1 aliphatic carbocycles. The Kier molecular flexibility index (Phi) is 9.97. The molecule has 0 heterocycles. The molecule has 41 heavy (non-hydrogen) atoms. The molecular weight excluding hydrogens is 551 g/mol. The van der Waals surface area contributed by atoms with Gasteiger partial charge in [-0.05, 0) is 58.9 Å². The van der Waals surface area contributed by atoms with Gasteiger partial charge in [-0.1, -0.05) is 121 Å². The largest absolute Gasteiger partial charge is 0.352 e. The van der Waals surface area contributed by atoms with E-state index in [0.717, 1.165) is 53.1 Å². The van der Waals surface area contributed by atoms with Crippen molar-refractivity contribution in [2.24, 2.45) is 0 Å². The van der Waals surface area contributed by atoms with Crippen molar-refractivity contribution in [1.29, 1.82) is 0 Å². The van der Waals surface area contributed by atoms with Gasteiger partial charge in [0, 0.05) is 25.4 Å². The van der Waals surface area contributed by atoms with E-state index < -0.39 is 6.04 Å². The SMILES string of the molecule is O=C(NC1CCCCC1)[C@H](Cc1ccccc1)N(Cc1ccc(Cl)c(Cl)c1)C(=O)CCc1cccc2ccccc12. The number of nitrogens with zero attached hydrogens (tertiary/aromatic N) is 1. The van der Waals surface area contributed by atoms with E-state index in [2.05, 4.69) is 29.6 Å². The predicted octanol–water partition coefficient (Wildman–Crippen LogP) is 8.17. The number of halogens is 2. The summed E-state index contributed by atoms with van der Waals surface area (Å²) in [6.07, 6.45) is 6.70. The van der Waals surface area contributed by atoms with Crippen LogP contribution in [0.1, 0.15) is 55.2 Å². The van der Waals surface area contributed by atoms with Crippen LogP contribution in [-0.2, 0) is 29.0 Å². The zero-order valence-corrected chi connectivity index (χ0v) is 24.7. The summed E-state index contributed by atoms with van der Waals surface area (Å²) in [5.74, 6) is -0.164. The Morgan fingerprint density at radius 2 is 1.54 bits per heavy atom. The third-order valence-electron chi connectivity index (χ3n) is 8.05. The molecular formula is C35H36Cl2N2O2. The van der Waals surface area contributed by atoms with Crippen molar-refractivity contribution in [1.82, 2.24) is 10.2 Å². The number of nitrogens with one attached hydrogen (secondary N) is 1. The van der Waals surface area contributed by atoms with Crippen LogP contribution in [0.15, 0.2) is 91.0 Å². The Labute approximate surface area is 252 Å². The highest BCUT2D eigenvalue weighted by Crippen LogP contribution is 2.26. The van der Waals surface area contributed by atoms with Crippen molar-refractivity contribution >= 4 is 45.8 Å². The van der Waals surface area contributed by atoms with Crippen LogP contribution in [0, 0.1) is 0 Å². The number of aryl methyl sites for hydroxylation is 1. The lowest BCUT2D eigenvalue weighted by atomic mass is 9.94. The second-order valence-corrected chi connectivity index (χ2v) is 11.8. The fourth-order valence-corrected chi connectivity index (χ4v) is 6.15. The highest BCUT2D eigenvalue weighted by Gasteiger charge is 2.32. The first-order valence-corrected chi connectivity index (χ1v) is 15.3. The van der Waals surface area contributed by atoms with Crippen LogP contribution in [0.2, 0.25) is 10.0 Å². The highest BCUT2D eigenvalue weighted by molar-refractivity contribution is 6.42. The average molecular weight is 588 g/mol. The molecule has 1 fully saturated rings. The summed E-state index contributed by atoms with van der Waals surface area (Å²) in [7, 11) is 0. The molecule has 1 atom stereocenters. The van der Waals surface area contributed by atoms with Crippen LogP contribution >= 0.6 is 23.2 Å². The normalized spacial score (nSPS) is 14.5. The Bertz CT molecular complexity index is 1480. The van der Waals surface area contributed by atoms with Crippen molar-refractivity contribution in [2.75, 3.05) is 0 Å². The maximum Gasteiger partial charge on any atom is 0.243 e. The van der Waals surface area contributed by atoms with E-state index in [-0.39, 0.29) is 30.8 Å². The standard InChI is InChI=1S/C35H36Cl2N2O2/c36-31-20-18-26(22-32(31)37)24-39(34(40)21-19-28-14-9-13-27-12-7-8-17-30(27)28)33(23-25-10-3-1-4-11-25)35(41)38-29-15-5-2-6-16-29/h1,3-4,7-14,17-18,20,22,29,33H,2,5-6,15-16,19,21,23-24H2,(H,38,41)/t33-/m0/s1. The molecule has 4 nitrogen and oxygen atoms in total. The van der Waals surface area contributed by atoms with E-state index in [0.29, 0.717) is 22.9 Å².